The topological polar surface area (TPSA) is 25.2 Å². The third-order valence-electron chi connectivity index (χ3n) is 2.68. The Hall–Kier alpha value is -0.990. The van der Waals surface area contributed by atoms with Gasteiger partial charge < -0.3 is 9.67 Å². The molecule has 0 saturated heterocycles. The molecule has 15 heavy (non-hydrogen) atoms. The van der Waals surface area contributed by atoms with Crippen LogP contribution in [0.3, 0.4) is 0 Å². The van der Waals surface area contributed by atoms with Gasteiger partial charge in [0.1, 0.15) is 0 Å². The number of halogens is 1. The van der Waals surface area contributed by atoms with Crippen LogP contribution in [0.15, 0.2) is 30.5 Å². The lowest BCUT2D eigenvalue weighted by molar-refractivity contribution is 0.178. The molecule has 1 aromatic heterocycles. The molecular formula is C12H14ClNO. The van der Waals surface area contributed by atoms with E-state index in [2.05, 4.69) is 0 Å². The molecular weight excluding hydrogens is 210 g/mol. The van der Waals surface area contributed by atoms with Crippen LogP contribution < -0.4 is 0 Å². The van der Waals surface area contributed by atoms with Crippen LogP contribution in [0.25, 0.3) is 10.9 Å². The number of aryl methyl sites for hydroxylation is 1. The van der Waals surface area contributed by atoms with Gasteiger partial charge in [-0.15, -0.1) is 11.6 Å². The van der Waals surface area contributed by atoms with Crippen molar-refractivity contribution in [3.8, 4) is 0 Å². The average Bonchev–Trinajstić information content (AvgIpc) is 2.56. The molecule has 0 spiro atoms. The number of fused-ring (bicyclic) bond motifs is 1. The van der Waals surface area contributed by atoms with E-state index in [4.69, 9.17) is 11.6 Å². The Kier molecular flexibility index (Phi) is 2.72. The Labute approximate surface area is 94.1 Å². The Balaban J connectivity index is 2.62. The zero-order valence-electron chi connectivity index (χ0n) is 8.81. The first-order chi connectivity index (χ1) is 7.11. The largest absolute Gasteiger partial charge is 0.387 e. The van der Waals surface area contributed by atoms with E-state index in [-0.39, 0.29) is 5.38 Å². The van der Waals surface area contributed by atoms with Gasteiger partial charge in [-0.1, -0.05) is 18.2 Å². The normalized spacial score (nSPS) is 15.5. The highest BCUT2D eigenvalue weighted by Crippen LogP contribution is 2.29. The number of para-hydroxylation sites is 1. The van der Waals surface area contributed by atoms with Gasteiger partial charge in [-0.25, -0.2) is 0 Å². The van der Waals surface area contributed by atoms with Crippen molar-refractivity contribution in [2.45, 2.75) is 18.4 Å². The molecule has 1 heterocycles. The zero-order chi connectivity index (χ0) is 11.0. The summed E-state index contributed by atoms with van der Waals surface area (Å²) >= 11 is 5.91. The maximum absolute atomic E-state index is 9.96. The summed E-state index contributed by atoms with van der Waals surface area (Å²) in [5.41, 5.74) is 2.01. The minimum Gasteiger partial charge on any atom is -0.387 e. The van der Waals surface area contributed by atoms with Crippen molar-refractivity contribution in [1.29, 1.82) is 0 Å². The van der Waals surface area contributed by atoms with Gasteiger partial charge in [-0.2, -0.15) is 0 Å². The molecule has 2 nitrogen and oxygen atoms in total. The molecule has 0 amide bonds. The SMILES string of the molecule is CC(Cl)C(O)c1cn(C)c2ccccc12. The molecule has 80 valence electrons. The van der Waals surface area contributed by atoms with Gasteiger partial charge in [0.05, 0.1) is 11.5 Å². The third-order valence-corrected chi connectivity index (χ3v) is 2.92. The molecule has 0 aliphatic heterocycles. The van der Waals surface area contributed by atoms with Crippen LogP contribution >= 0.6 is 11.6 Å². The van der Waals surface area contributed by atoms with Crippen molar-refractivity contribution in [1.82, 2.24) is 4.57 Å². The summed E-state index contributed by atoms with van der Waals surface area (Å²) in [6.45, 7) is 1.80. The predicted molar refractivity (Wildman–Crippen MR) is 63.2 cm³/mol. The molecule has 0 aliphatic carbocycles. The fraction of sp³-hybridized carbons (Fsp3) is 0.333. The molecule has 0 radical (unpaired) electrons. The van der Waals surface area contributed by atoms with Crippen molar-refractivity contribution in [3.63, 3.8) is 0 Å². The van der Waals surface area contributed by atoms with E-state index in [0.29, 0.717) is 0 Å². The van der Waals surface area contributed by atoms with Crippen molar-refractivity contribution >= 4 is 22.5 Å². The van der Waals surface area contributed by atoms with Crippen LogP contribution in [-0.2, 0) is 7.05 Å². The Bertz CT molecular complexity index is 475. The third kappa shape index (κ3) is 1.75. The van der Waals surface area contributed by atoms with Gasteiger partial charge in [0.15, 0.2) is 0 Å². The summed E-state index contributed by atoms with van der Waals surface area (Å²) in [4.78, 5) is 0. The molecule has 0 saturated carbocycles. The summed E-state index contributed by atoms with van der Waals surface area (Å²) in [5, 5.41) is 10.8. The van der Waals surface area contributed by atoms with Gasteiger partial charge in [0.25, 0.3) is 0 Å². The fourth-order valence-corrected chi connectivity index (χ4v) is 1.99. The van der Waals surface area contributed by atoms with Gasteiger partial charge >= 0.3 is 0 Å². The lowest BCUT2D eigenvalue weighted by Crippen LogP contribution is -2.07. The van der Waals surface area contributed by atoms with Crippen LogP contribution in [0.4, 0.5) is 0 Å². The van der Waals surface area contributed by atoms with E-state index in [1.807, 2.05) is 42.1 Å². The first-order valence-corrected chi connectivity index (χ1v) is 5.41. The van der Waals surface area contributed by atoms with E-state index < -0.39 is 6.10 Å². The second-order valence-electron chi connectivity index (χ2n) is 3.83. The number of aliphatic hydroxyl groups excluding tert-OH is 1. The molecule has 2 rings (SSSR count). The van der Waals surface area contributed by atoms with E-state index in [1.165, 1.54) is 0 Å². The number of hydrogen-bond donors (Lipinski definition) is 1. The summed E-state index contributed by atoms with van der Waals surface area (Å²) in [7, 11) is 1.97. The van der Waals surface area contributed by atoms with E-state index in [9.17, 15) is 5.11 Å². The number of hydrogen-bond acceptors (Lipinski definition) is 1. The second-order valence-corrected chi connectivity index (χ2v) is 4.52. The maximum Gasteiger partial charge on any atom is 0.0971 e. The number of nitrogens with zero attached hydrogens (tertiary/aromatic N) is 1. The van der Waals surface area contributed by atoms with Crippen molar-refractivity contribution in [2.24, 2.45) is 7.05 Å². The highest BCUT2D eigenvalue weighted by molar-refractivity contribution is 6.20. The molecule has 2 aromatic rings. The van der Waals surface area contributed by atoms with Crippen LogP contribution in [0.2, 0.25) is 0 Å². The molecule has 2 atom stereocenters. The Morgan fingerprint density at radius 2 is 2.00 bits per heavy atom. The number of rotatable bonds is 2. The smallest absolute Gasteiger partial charge is 0.0971 e. The van der Waals surface area contributed by atoms with Gasteiger partial charge in [0.2, 0.25) is 0 Å². The summed E-state index contributed by atoms with van der Waals surface area (Å²) in [6.07, 6.45) is 1.33. The second kappa shape index (κ2) is 3.87. The maximum atomic E-state index is 9.96. The number of benzene rings is 1. The van der Waals surface area contributed by atoms with Crippen molar-refractivity contribution in [3.05, 3.63) is 36.0 Å². The first-order valence-electron chi connectivity index (χ1n) is 4.97. The zero-order valence-corrected chi connectivity index (χ0v) is 9.57. The minimum absolute atomic E-state index is 0.282. The summed E-state index contributed by atoms with van der Waals surface area (Å²) in [5.74, 6) is 0. The molecule has 0 bridgehead atoms. The van der Waals surface area contributed by atoms with Crippen LogP contribution in [0, 0.1) is 0 Å². The molecule has 0 aliphatic rings. The molecule has 0 fully saturated rings. The number of aliphatic hydroxyl groups is 1. The average molecular weight is 224 g/mol. The highest BCUT2D eigenvalue weighted by atomic mass is 35.5. The molecule has 2 unspecified atom stereocenters. The lowest BCUT2D eigenvalue weighted by atomic mass is 10.1. The highest BCUT2D eigenvalue weighted by Gasteiger charge is 2.18. The van der Waals surface area contributed by atoms with E-state index >= 15 is 0 Å². The van der Waals surface area contributed by atoms with Crippen molar-refractivity contribution in [2.75, 3.05) is 0 Å². The Morgan fingerprint density at radius 3 is 2.67 bits per heavy atom. The molecule has 1 aromatic carbocycles. The molecule has 1 N–H and O–H groups in total. The summed E-state index contributed by atoms with van der Waals surface area (Å²) in [6, 6.07) is 8.00. The number of aromatic nitrogens is 1. The van der Waals surface area contributed by atoms with Gasteiger partial charge in [0, 0.05) is 29.7 Å². The lowest BCUT2D eigenvalue weighted by Gasteiger charge is -2.11. The fourth-order valence-electron chi connectivity index (χ4n) is 1.86. The van der Waals surface area contributed by atoms with Crippen molar-refractivity contribution < 1.29 is 5.11 Å². The minimum atomic E-state index is -0.613. The van der Waals surface area contributed by atoms with Gasteiger partial charge in [-0.05, 0) is 13.0 Å². The predicted octanol–water partition coefficient (Wildman–Crippen LogP) is 2.84. The standard InChI is InChI=1S/C12H14ClNO/c1-8(13)12(15)10-7-14(2)11-6-4-3-5-9(10)11/h3-8,12,15H,1-2H3. The molecule has 3 heteroatoms. The Morgan fingerprint density at radius 1 is 1.33 bits per heavy atom. The summed E-state index contributed by atoms with van der Waals surface area (Å²) < 4.78 is 2.01. The quantitative estimate of drug-likeness (QED) is 0.779. The first kappa shape index (κ1) is 10.5. The monoisotopic (exact) mass is 223 g/mol. The van der Waals surface area contributed by atoms with Crippen LogP contribution in [-0.4, -0.2) is 15.1 Å². The van der Waals surface area contributed by atoms with Gasteiger partial charge in [-0.3, -0.25) is 0 Å². The van der Waals surface area contributed by atoms with E-state index in [0.717, 1.165) is 16.5 Å². The van der Waals surface area contributed by atoms with E-state index in [1.54, 1.807) is 6.92 Å². The van der Waals surface area contributed by atoms with Crippen LogP contribution in [0.5, 0.6) is 0 Å². The number of alkyl halides is 1. The van der Waals surface area contributed by atoms with Crippen LogP contribution in [0.1, 0.15) is 18.6 Å².